The van der Waals surface area contributed by atoms with E-state index in [1.807, 2.05) is 6.92 Å². The third-order valence-electron chi connectivity index (χ3n) is 3.19. The average molecular weight is 336 g/mol. The van der Waals surface area contributed by atoms with Gasteiger partial charge in [0.2, 0.25) is 0 Å². The van der Waals surface area contributed by atoms with E-state index in [1.54, 1.807) is 0 Å². The topological polar surface area (TPSA) is 35.5 Å². The quantitative estimate of drug-likeness (QED) is 0.337. The van der Waals surface area contributed by atoms with Gasteiger partial charge in [-0.05, 0) is 19.8 Å². The molecule has 2 rings (SSSR count). The lowest BCUT2D eigenvalue weighted by Crippen LogP contribution is -2.30. The van der Waals surface area contributed by atoms with Crippen LogP contribution in [0.5, 0.6) is 0 Å². The molecule has 90 valence electrons. The zero-order valence-corrected chi connectivity index (χ0v) is 11.6. The Kier molecular flexibility index (Phi) is 4.10. The molecule has 1 heterocycles. The van der Waals surface area contributed by atoms with E-state index in [1.165, 1.54) is 25.3 Å². The second kappa shape index (κ2) is 5.38. The number of ether oxygens (including phenoxy) is 2. The van der Waals surface area contributed by atoms with Gasteiger partial charge >= 0.3 is 5.97 Å². The summed E-state index contributed by atoms with van der Waals surface area (Å²) in [6.45, 7) is 2.23. The smallest absolute Gasteiger partial charge is 0.334 e. The van der Waals surface area contributed by atoms with E-state index in [4.69, 9.17) is 9.47 Å². The van der Waals surface area contributed by atoms with Crippen molar-refractivity contribution in [2.45, 2.75) is 42.6 Å². The highest BCUT2D eigenvalue weighted by Crippen LogP contribution is 2.42. The molecule has 1 saturated carbocycles. The van der Waals surface area contributed by atoms with Crippen molar-refractivity contribution in [1.29, 1.82) is 0 Å². The minimum absolute atomic E-state index is 0.277. The number of allylic oxidation sites excluding steroid dienone is 1. The molecule has 0 spiro atoms. The monoisotopic (exact) mass is 336 g/mol. The van der Waals surface area contributed by atoms with E-state index in [0.29, 0.717) is 22.6 Å². The van der Waals surface area contributed by atoms with Crippen LogP contribution in [-0.2, 0) is 14.3 Å². The van der Waals surface area contributed by atoms with Crippen molar-refractivity contribution >= 4 is 28.6 Å². The van der Waals surface area contributed by atoms with Crippen molar-refractivity contribution in [3.63, 3.8) is 0 Å². The third kappa shape index (κ3) is 2.70. The molecule has 0 N–H and O–H groups in total. The van der Waals surface area contributed by atoms with E-state index in [0.717, 1.165) is 12.2 Å². The van der Waals surface area contributed by atoms with Gasteiger partial charge in [0.1, 0.15) is 11.9 Å². The Morgan fingerprint density at radius 3 is 3.12 bits per heavy atom. The van der Waals surface area contributed by atoms with E-state index >= 15 is 0 Å². The summed E-state index contributed by atoms with van der Waals surface area (Å²) in [7, 11) is 0. The number of carbonyl (C=O) groups excluding carboxylic acids is 1. The van der Waals surface area contributed by atoms with Crippen LogP contribution < -0.4 is 0 Å². The van der Waals surface area contributed by atoms with Gasteiger partial charge < -0.3 is 9.47 Å². The predicted octanol–water partition coefficient (Wildman–Crippen LogP) is 2.83. The fraction of sp³-hybridized carbons (Fsp3) is 0.750. The van der Waals surface area contributed by atoms with Crippen LogP contribution in [0.4, 0.5) is 0 Å². The summed E-state index contributed by atoms with van der Waals surface area (Å²) in [5, 5.41) is 0. The average Bonchev–Trinajstić information content (AvgIpc) is 2.62. The number of hydrogen-bond donors (Lipinski definition) is 0. The first-order chi connectivity index (χ1) is 7.70. The number of halogens is 1. The zero-order chi connectivity index (χ0) is 11.5. The Bertz CT molecular complexity index is 301. The Labute approximate surface area is 110 Å². The van der Waals surface area contributed by atoms with Crippen LogP contribution in [0, 0.1) is 5.92 Å². The minimum Gasteiger partial charge on any atom is -0.493 e. The molecule has 1 aliphatic carbocycles. The number of rotatable bonds is 2. The molecular formula is C12H17IO3. The van der Waals surface area contributed by atoms with Crippen molar-refractivity contribution in [2.24, 2.45) is 5.92 Å². The Morgan fingerprint density at radius 2 is 2.44 bits per heavy atom. The highest BCUT2D eigenvalue weighted by molar-refractivity contribution is 14.1. The number of carbonyl (C=O) groups is 1. The summed E-state index contributed by atoms with van der Waals surface area (Å²) in [6, 6.07) is 0. The number of esters is 1. The molecule has 0 radical (unpaired) electrons. The second-order valence-corrected chi connectivity index (χ2v) is 5.96. The molecule has 0 amide bonds. The first-order valence-corrected chi connectivity index (χ1v) is 7.13. The predicted molar refractivity (Wildman–Crippen MR) is 69.4 cm³/mol. The van der Waals surface area contributed by atoms with Gasteiger partial charge in [-0.15, -0.1) is 0 Å². The highest BCUT2D eigenvalue weighted by atomic mass is 127. The van der Waals surface area contributed by atoms with E-state index in [-0.39, 0.29) is 5.97 Å². The van der Waals surface area contributed by atoms with Crippen LogP contribution >= 0.6 is 22.6 Å². The number of alkyl halides is 1. The van der Waals surface area contributed by atoms with Crippen LogP contribution in [0.1, 0.15) is 32.6 Å². The summed E-state index contributed by atoms with van der Waals surface area (Å²) in [4.78, 5) is 11.3. The van der Waals surface area contributed by atoms with Gasteiger partial charge in [-0.3, -0.25) is 0 Å². The molecule has 3 nitrogen and oxygen atoms in total. The normalized spacial score (nSPS) is 35.6. The number of hydrogen-bond acceptors (Lipinski definition) is 3. The van der Waals surface area contributed by atoms with Crippen LogP contribution in [0.25, 0.3) is 0 Å². The van der Waals surface area contributed by atoms with Gasteiger partial charge in [-0.25, -0.2) is 4.79 Å². The fourth-order valence-corrected chi connectivity index (χ4v) is 3.65. The maximum absolute atomic E-state index is 11.3. The zero-order valence-electron chi connectivity index (χ0n) is 9.45. The lowest BCUT2D eigenvalue weighted by Gasteiger charge is -2.28. The van der Waals surface area contributed by atoms with Crippen LogP contribution in [0.2, 0.25) is 0 Å². The second-order valence-electron chi connectivity index (χ2n) is 4.36. The summed E-state index contributed by atoms with van der Waals surface area (Å²) < 4.78 is 11.3. The van der Waals surface area contributed by atoms with Crippen molar-refractivity contribution in [2.75, 3.05) is 6.61 Å². The van der Waals surface area contributed by atoms with E-state index < -0.39 is 0 Å². The fourth-order valence-electron chi connectivity index (χ4n) is 2.48. The Morgan fingerprint density at radius 1 is 1.62 bits per heavy atom. The molecular weight excluding hydrogens is 319 g/mol. The van der Waals surface area contributed by atoms with E-state index in [9.17, 15) is 4.79 Å². The molecule has 4 heteroatoms. The highest BCUT2D eigenvalue weighted by Gasteiger charge is 2.39. The maximum Gasteiger partial charge on any atom is 0.334 e. The van der Waals surface area contributed by atoms with Gasteiger partial charge in [0.05, 0.1) is 12.7 Å². The lowest BCUT2D eigenvalue weighted by molar-refractivity contribution is -0.137. The molecule has 0 bridgehead atoms. The van der Waals surface area contributed by atoms with Crippen molar-refractivity contribution in [3.05, 3.63) is 11.8 Å². The Balaban J connectivity index is 1.98. The Hall–Kier alpha value is -0.260. The van der Waals surface area contributed by atoms with Crippen molar-refractivity contribution in [1.82, 2.24) is 0 Å². The first-order valence-electron chi connectivity index (χ1n) is 5.88. The molecule has 0 aromatic heterocycles. The molecule has 3 atom stereocenters. The summed E-state index contributed by atoms with van der Waals surface area (Å²) >= 11 is 2.47. The largest absolute Gasteiger partial charge is 0.493 e. The summed E-state index contributed by atoms with van der Waals surface area (Å²) in [5.74, 6) is 1.15. The van der Waals surface area contributed by atoms with Crippen molar-refractivity contribution < 1.29 is 14.3 Å². The molecule has 0 aromatic rings. The van der Waals surface area contributed by atoms with Gasteiger partial charge in [0, 0.05) is 16.3 Å². The van der Waals surface area contributed by atoms with Gasteiger partial charge in [-0.2, -0.15) is 0 Å². The van der Waals surface area contributed by atoms with Crippen molar-refractivity contribution in [3.8, 4) is 0 Å². The van der Waals surface area contributed by atoms with E-state index in [2.05, 4.69) is 22.6 Å². The first kappa shape index (κ1) is 12.2. The molecule has 1 aliphatic heterocycles. The molecule has 1 saturated heterocycles. The molecule has 0 aromatic carbocycles. The summed E-state index contributed by atoms with van der Waals surface area (Å²) in [5.41, 5.74) is 0. The van der Waals surface area contributed by atoms with Gasteiger partial charge in [0.15, 0.2) is 0 Å². The van der Waals surface area contributed by atoms with Crippen LogP contribution in [0.3, 0.4) is 0 Å². The van der Waals surface area contributed by atoms with Gasteiger partial charge in [-0.1, -0.05) is 29.0 Å². The molecule has 2 fully saturated rings. The SMILES string of the molecule is CCOC(=O)/C=C1\C[C@@H]2CCC[C@@H](I)[C@@H]2O1. The lowest BCUT2D eigenvalue weighted by atomic mass is 9.86. The molecule has 16 heavy (non-hydrogen) atoms. The molecule has 2 aliphatic rings. The minimum atomic E-state index is -0.277. The molecule has 0 unspecified atom stereocenters. The maximum atomic E-state index is 11.3. The van der Waals surface area contributed by atoms with Crippen LogP contribution in [0.15, 0.2) is 11.8 Å². The number of fused-ring (bicyclic) bond motifs is 1. The van der Waals surface area contributed by atoms with Crippen LogP contribution in [-0.4, -0.2) is 22.6 Å². The standard InChI is InChI=1S/C12H17IO3/c1-2-15-11(14)7-9-6-8-4-3-5-10(13)12(8)16-9/h7-8,10,12H,2-6H2,1H3/b9-7+/t8-,10+,12+/m0/s1. The third-order valence-corrected chi connectivity index (χ3v) is 4.52. The summed E-state index contributed by atoms with van der Waals surface area (Å²) in [6.07, 6.45) is 6.48. The van der Waals surface area contributed by atoms with Gasteiger partial charge in [0.25, 0.3) is 0 Å².